The number of nitrogens with zero attached hydrogens (tertiary/aromatic N) is 11. The van der Waals surface area contributed by atoms with Crippen molar-refractivity contribution in [2.75, 3.05) is 83.4 Å². The zero-order valence-electron chi connectivity index (χ0n) is 32.2. The summed E-state index contributed by atoms with van der Waals surface area (Å²) in [5.41, 5.74) is 19.9. The number of carbonyl (C=O) groups excluding carboxylic acids is 2. The fourth-order valence-corrected chi connectivity index (χ4v) is 8.10. The SMILES string of the molecule is CCc1cc(N2CCN(c3ncccn3)CC2)nc(SCC(N)=O)c1C#N.CCc1cc(N2CCN(c3ncccn3)CC2)nc2sc(C(N)=O)c(N)c12.[H-].[Na+]. The van der Waals surface area contributed by atoms with E-state index in [9.17, 15) is 14.9 Å². The van der Waals surface area contributed by atoms with Gasteiger partial charge in [-0.3, -0.25) is 9.59 Å². The Morgan fingerprint density at radius 3 is 1.73 bits per heavy atom. The third kappa shape index (κ3) is 9.72. The molecule has 0 atom stereocenters. The van der Waals surface area contributed by atoms with Crippen LogP contribution in [-0.2, 0) is 17.6 Å². The zero-order chi connectivity index (χ0) is 38.2. The average Bonchev–Trinajstić information content (AvgIpc) is 3.56. The summed E-state index contributed by atoms with van der Waals surface area (Å²) in [5, 5.41) is 10.9. The monoisotopic (exact) mass is 790 g/mol. The molecule has 5 aromatic rings. The number of thiophene rings is 1. The van der Waals surface area contributed by atoms with E-state index < -0.39 is 11.8 Å². The van der Waals surface area contributed by atoms with Gasteiger partial charge in [0, 0.05) is 82.5 Å². The second-order valence-electron chi connectivity index (χ2n) is 12.5. The first-order valence-corrected chi connectivity index (χ1v) is 19.4. The predicted molar refractivity (Wildman–Crippen MR) is 214 cm³/mol. The van der Waals surface area contributed by atoms with Crippen LogP contribution in [0.25, 0.3) is 10.2 Å². The molecule has 19 heteroatoms. The number of aromatic nitrogens is 6. The van der Waals surface area contributed by atoms with Gasteiger partial charge in [-0.1, -0.05) is 25.6 Å². The minimum atomic E-state index is -0.504. The van der Waals surface area contributed by atoms with Crippen molar-refractivity contribution in [3.05, 3.63) is 70.6 Å². The zero-order valence-corrected chi connectivity index (χ0v) is 34.8. The van der Waals surface area contributed by atoms with Gasteiger partial charge in [0.15, 0.2) is 0 Å². The Balaban J connectivity index is 0.000000240. The molecular formula is C36H43N14NaO2S2. The van der Waals surface area contributed by atoms with Crippen LogP contribution < -0.4 is 66.4 Å². The molecule has 0 aromatic carbocycles. The van der Waals surface area contributed by atoms with Gasteiger partial charge in [-0.05, 0) is 48.2 Å². The summed E-state index contributed by atoms with van der Waals surface area (Å²) in [5.74, 6) is 2.40. The van der Waals surface area contributed by atoms with Crippen LogP contribution in [-0.4, -0.2) is 99.8 Å². The Morgan fingerprint density at radius 1 is 0.800 bits per heavy atom. The van der Waals surface area contributed by atoms with Crippen LogP contribution in [0.5, 0.6) is 0 Å². The molecule has 6 N–H and O–H groups in total. The minimum absolute atomic E-state index is 0. The van der Waals surface area contributed by atoms with Crippen LogP contribution in [0, 0.1) is 11.3 Å². The third-order valence-corrected chi connectivity index (χ3v) is 11.3. The van der Waals surface area contributed by atoms with Gasteiger partial charge in [0.05, 0.1) is 17.0 Å². The Bertz CT molecular complexity index is 2140. The Morgan fingerprint density at radius 2 is 1.27 bits per heavy atom. The van der Waals surface area contributed by atoms with Gasteiger partial charge in [-0.25, -0.2) is 29.9 Å². The van der Waals surface area contributed by atoms with Crippen LogP contribution in [0.2, 0.25) is 0 Å². The number of carbonyl (C=O) groups is 2. The largest absolute Gasteiger partial charge is 1.00 e. The number of anilines is 5. The topological polar surface area (TPSA) is 226 Å². The van der Waals surface area contributed by atoms with Crippen molar-refractivity contribution in [1.29, 1.82) is 5.26 Å². The van der Waals surface area contributed by atoms with Crippen molar-refractivity contribution in [2.45, 2.75) is 31.7 Å². The maximum absolute atomic E-state index is 11.6. The van der Waals surface area contributed by atoms with Crippen LogP contribution >= 0.6 is 23.1 Å². The average molecular weight is 791 g/mol. The summed E-state index contributed by atoms with van der Waals surface area (Å²) in [6, 6.07) is 9.89. The van der Waals surface area contributed by atoms with E-state index in [4.69, 9.17) is 22.2 Å². The molecule has 2 aliphatic rings. The number of piperazine rings is 2. The van der Waals surface area contributed by atoms with Crippen LogP contribution in [0.1, 0.15) is 41.6 Å². The van der Waals surface area contributed by atoms with Crippen molar-refractivity contribution in [2.24, 2.45) is 11.5 Å². The molecular weight excluding hydrogens is 748 g/mol. The van der Waals surface area contributed by atoms with Crippen molar-refractivity contribution >= 4 is 74.3 Å². The van der Waals surface area contributed by atoms with Gasteiger partial charge in [0.1, 0.15) is 32.4 Å². The molecule has 0 spiro atoms. The van der Waals surface area contributed by atoms with Gasteiger partial charge in [-0.15, -0.1) is 11.3 Å². The molecule has 2 fully saturated rings. The normalized spacial score (nSPS) is 14.1. The van der Waals surface area contributed by atoms with E-state index in [-0.39, 0.29) is 36.7 Å². The molecule has 2 saturated heterocycles. The Kier molecular flexibility index (Phi) is 14.4. The van der Waals surface area contributed by atoms with Gasteiger partial charge in [0.25, 0.3) is 5.91 Å². The number of thioether (sulfide) groups is 1. The number of fused-ring (bicyclic) bond motifs is 1. The predicted octanol–water partition coefficient (Wildman–Crippen LogP) is -0.0174. The molecule has 2 amide bonds. The summed E-state index contributed by atoms with van der Waals surface area (Å²) in [6.07, 6.45) is 8.53. The van der Waals surface area contributed by atoms with Crippen LogP contribution in [0.15, 0.2) is 54.1 Å². The maximum Gasteiger partial charge on any atom is 1.00 e. The third-order valence-electron chi connectivity index (χ3n) is 9.15. The first-order valence-electron chi connectivity index (χ1n) is 17.6. The second-order valence-corrected chi connectivity index (χ2v) is 14.4. The van der Waals surface area contributed by atoms with Gasteiger partial charge >= 0.3 is 29.6 Å². The van der Waals surface area contributed by atoms with E-state index in [1.165, 1.54) is 23.1 Å². The van der Waals surface area contributed by atoms with Crippen LogP contribution in [0.3, 0.4) is 0 Å². The molecule has 5 aromatic heterocycles. The number of hydrogen-bond donors (Lipinski definition) is 3. The fourth-order valence-electron chi connectivity index (χ4n) is 6.35. The smallest absolute Gasteiger partial charge is 1.00 e. The summed E-state index contributed by atoms with van der Waals surface area (Å²) in [7, 11) is 0. The molecule has 0 radical (unpaired) electrons. The Labute approximate surface area is 351 Å². The number of nitriles is 1. The number of rotatable bonds is 10. The molecule has 16 nitrogen and oxygen atoms in total. The summed E-state index contributed by atoms with van der Waals surface area (Å²) < 4.78 is 0. The molecule has 0 aliphatic carbocycles. The standard InChI is InChI=1S/2C18H21N7OS.Na.H/c1-2-11-10-12(23-17-13(11)14(19)15(27-17)16(20)26)24-6-8-25(9-7-24)18-21-4-3-5-22-18;1-2-13-10-16(23-17(14(13)11-19)27-12-15(20)26)24-6-8-25(9-7-24)18-21-4-3-5-22-18;;/h3-5,10H,2,6-9,19H2,1H3,(H2,20,26);3-5,10H,2,6-9,12H2,1H3,(H2,20,26);;/q;;+1;-1. The Hall–Kier alpha value is -4.80. The van der Waals surface area contributed by atoms with Gasteiger partial charge in [-0.2, -0.15) is 5.26 Å². The number of hydrogen-bond acceptors (Lipinski definition) is 16. The first-order chi connectivity index (χ1) is 26.2. The maximum atomic E-state index is 11.6. The molecule has 55 heavy (non-hydrogen) atoms. The number of amides is 2. The van der Waals surface area contributed by atoms with E-state index in [2.05, 4.69) is 63.6 Å². The number of pyridine rings is 2. The van der Waals surface area contributed by atoms with Crippen molar-refractivity contribution in [1.82, 2.24) is 29.9 Å². The van der Waals surface area contributed by atoms with Crippen molar-refractivity contribution in [3.8, 4) is 6.07 Å². The summed E-state index contributed by atoms with van der Waals surface area (Å²) in [6.45, 7) is 10.5. The summed E-state index contributed by atoms with van der Waals surface area (Å²) in [4.78, 5) is 59.4. The molecule has 7 rings (SSSR count). The number of primary amides is 2. The first kappa shape index (κ1) is 41.4. The molecule has 282 valence electrons. The van der Waals surface area contributed by atoms with E-state index in [0.717, 1.165) is 110 Å². The number of nitrogen functional groups attached to an aromatic ring is 1. The quantitative estimate of drug-likeness (QED) is 0.125. The van der Waals surface area contributed by atoms with Crippen LogP contribution in [0.4, 0.5) is 29.2 Å². The molecule has 0 unspecified atom stereocenters. The molecule has 0 saturated carbocycles. The molecule has 7 heterocycles. The van der Waals surface area contributed by atoms with E-state index in [0.29, 0.717) is 21.2 Å². The number of nitrogens with two attached hydrogens (primary N) is 3. The van der Waals surface area contributed by atoms with E-state index >= 15 is 0 Å². The van der Waals surface area contributed by atoms with Crippen molar-refractivity contribution < 1.29 is 40.6 Å². The minimum Gasteiger partial charge on any atom is -1.00 e. The van der Waals surface area contributed by atoms with E-state index in [1.54, 1.807) is 30.9 Å². The fraction of sp³-hybridized carbons (Fsp3) is 0.361. The van der Waals surface area contributed by atoms with Crippen molar-refractivity contribution in [3.63, 3.8) is 0 Å². The molecule has 0 bridgehead atoms. The van der Waals surface area contributed by atoms with Gasteiger partial charge in [0.2, 0.25) is 17.8 Å². The number of aryl methyl sites for hydroxylation is 2. The van der Waals surface area contributed by atoms with Gasteiger partial charge < -0.3 is 38.2 Å². The second kappa shape index (κ2) is 19.2. The molecule has 2 aliphatic heterocycles. The summed E-state index contributed by atoms with van der Waals surface area (Å²) >= 11 is 2.49. The van der Waals surface area contributed by atoms with E-state index in [1.807, 2.05) is 19.1 Å².